The number of carbonyl (C=O) groups is 3. The maximum absolute atomic E-state index is 12.6. The topological polar surface area (TPSA) is 83.8 Å². The number of hydrogen-bond acceptors (Lipinski definition) is 6. The second kappa shape index (κ2) is 10.4. The molecule has 1 aromatic heterocycles. The molecule has 1 aliphatic rings. The lowest BCUT2D eigenvalue weighted by Gasteiger charge is -2.14. The minimum atomic E-state index is -0.629. The Bertz CT molecular complexity index is 938. The van der Waals surface area contributed by atoms with Crippen molar-refractivity contribution < 1.29 is 28.6 Å². The van der Waals surface area contributed by atoms with Gasteiger partial charge in [0, 0.05) is 42.1 Å². The van der Waals surface area contributed by atoms with Crippen molar-refractivity contribution in [3.8, 4) is 5.75 Å². The predicted molar refractivity (Wildman–Crippen MR) is 115 cm³/mol. The van der Waals surface area contributed by atoms with E-state index in [0.29, 0.717) is 23.3 Å². The molecule has 166 valence electrons. The third kappa shape index (κ3) is 5.82. The van der Waals surface area contributed by atoms with Crippen molar-refractivity contribution in [1.29, 1.82) is 0 Å². The number of hydrogen-bond donors (Lipinski definition) is 0. The molecule has 1 atom stereocenters. The van der Waals surface area contributed by atoms with Crippen LogP contribution in [-0.2, 0) is 20.8 Å². The molecule has 0 saturated carbocycles. The molecule has 31 heavy (non-hydrogen) atoms. The van der Waals surface area contributed by atoms with E-state index in [-0.39, 0.29) is 30.9 Å². The molecular weight excluding hydrogens is 398 g/mol. The van der Waals surface area contributed by atoms with Gasteiger partial charge in [0.15, 0.2) is 19.0 Å². The number of ether oxygens (including phenoxy) is 3. The third-order valence-corrected chi connectivity index (χ3v) is 5.50. The fraction of sp³-hybridized carbons (Fsp3) is 0.458. The van der Waals surface area contributed by atoms with Gasteiger partial charge in [-0.25, -0.2) is 4.79 Å². The largest absolute Gasteiger partial charge is 0.482 e. The highest BCUT2D eigenvalue weighted by Gasteiger charge is 2.21. The minimum absolute atomic E-state index is 0.0413. The highest BCUT2D eigenvalue weighted by Crippen LogP contribution is 2.21. The van der Waals surface area contributed by atoms with Crippen LogP contribution < -0.4 is 4.74 Å². The molecule has 0 aliphatic carbocycles. The van der Waals surface area contributed by atoms with Crippen LogP contribution in [0.2, 0.25) is 0 Å². The summed E-state index contributed by atoms with van der Waals surface area (Å²) in [4.78, 5) is 36.2. The molecule has 0 unspecified atom stereocenters. The lowest BCUT2D eigenvalue weighted by Crippen LogP contribution is -2.20. The van der Waals surface area contributed by atoms with Gasteiger partial charge in [0.2, 0.25) is 5.78 Å². The van der Waals surface area contributed by atoms with Gasteiger partial charge >= 0.3 is 5.97 Å². The van der Waals surface area contributed by atoms with E-state index in [1.54, 1.807) is 31.2 Å². The van der Waals surface area contributed by atoms with Crippen LogP contribution in [0.1, 0.15) is 58.3 Å². The summed E-state index contributed by atoms with van der Waals surface area (Å²) >= 11 is 0. The monoisotopic (exact) mass is 427 g/mol. The summed E-state index contributed by atoms with van der Waals surface area (Å²) in [6.07, 6.45) is 2.69. The van der Waals surface area contributed by atoms with Crippen LogP contribution in [0.4, 0.5) is 0 Å². The Morgan fingerprint density at radius 2 is 1.84 bits per heavy atom. The summed E-state index contributed by atoms with van der Waals surface area (Å²) in [5.41, 5.74) is 2.99. The first kappa shape index (κ1) is 22.7. The molecule has 3 rings (SSSR count). The van der Waals surface area contributed by atoms with Crippen molar-refractivity contribution >= 4 is 17.5 Å². The summed E-state index contributed by atoms with van der Waals surface area (Å²) in [5, 5.41) is 0. The van der Waals surface area contributed by atoms with Crippen molar-refractivity contribution in [2.24, 2.45) is 0 Å². The Kier molecular flexibility index (Phi) is 7.63. The highest BCUT2D eigenvalue weighted by molar-refractivity contribution is 5.99. The van der Waals surface area contributed by atoms with E-state index >= 15 is 0 Å². The Labute approximate surface area is 182 Å². The molecule has 0 radical (unpaired) electrons. The van der Waals surface area contributed by atoms with Crippen LogP contribution >= 0.6 is 0 Å². The summed E-state index contributed by atoms with van der Waals surface area (Å²) < 4.78 is 18.3. The van der Waals surface area contributed by atoms with Gasteiger partial charge in [-0.3, -0.25) is 9.59 Å². The molecule has 0 spiro atoms. The van der Waals surface area contributed by atoms with Gasteiger partial charge in [0.25, 0.3) is 0 Å². The summed E-state index contributed by atoms with van der Waals surface area (Å²) in [5.74, 6) is -0.383. The van der Waals surface area contributed by atoms with Crippen LogP contribution in [0.5, 0.6) is 5.75 Å². The average molecular weight is 427 g/mol. The highest BCUT2D eigenvalue weighted by atomic mass is 16.6. The lowest BCUT2D eigenvalue weighted by molar-refractivity contribution is -0.144. The molecule has 1 fully saturated rings. The Morgan fingerprint density at radius 3 is 2.48 bits per heavy atom. The molecule has 0 N–H and O–H groups in total. The SMILES string of the molecule is CCC(=O)c1ccc(OCC(=O)OCC(=O)c2cc(C)n(C[C@H]3CCCO3)c2C)cc1. The lowest BCUT2D eigenvalue weighted by atomic mass is 10.1. The fourth-order valence-corrected chi connectivity index (χ4v) is 3.71. The number of rotatable bonds is 10. The smallest absolute Gasteiger partial charge is 0.344 e. The molecule has 2 heterocycles. The Morgan fingerprint density at radius 1 is 1.10 bits per heavy atom. The summed E-state index contributed by atoms with van der Waals surface area (Å²) in [7, 11) is 0. The number of esters is 1. The van der Waals surface area contributed by atoms with E-state index in [0.717, 1.165) is 37.4 Å². The second-order valence-corrected chi connectivity index (χ2v) is 7.70. The van der Waals surface area contributed by atoms with Crippen LogP contribution in [0.3, 0.4) is 0 Å². The quantitative estimate of drug-likeness (QED) is 0.425. The number of aryl methyl sites for hydroxylation is 1. The Balaban J connectivity index is 1.49. The Hall–Kier alpha value is -2.93. The zero-order chi connectivity index (χ0) is 22.4. The maximum atomic E-state index is 12.6. The van der Waals surface area contributed by atoms with Gasteiger partial charge in [-0.2, -0.15) is 0 Å². The minimum Gasteiger partial charge on any atom is -0.482 e. The number of nitrogens with zero attached hydrogens (tertiary/aromatic N) is 1. The summed E-state index contributed by atoms with van der Waals surface area (Å²) in [6, 6.07) is 8.40. The van der Waals surface area contributed by atoms with Crippen molar-refractivity contribution in [2.45, 2.75) is 52.7 Å². The van der Waals surface area contributed by atoms with Crippen molar-refractivity contribution in [2.75, 3.05) is 19.8 Å². The normalized spacial score (nSPS) is 15.6. The first-order valence-corrected chi connectivity index (χ1v) is 10.6. The number of aromatic nitrogens is 1. The van der Waals surface area contributed by atoms with E-state index < -0.39 is 5.97 Å². The van der Waals surface area contributed by atoms with Crippen LogP contribution in [0.15, 0.2) is 30.3 Å². The molecule has 7 nitrogen and oxygen atoms in total. The van der Waals surface area contributed by atoms with E-state index in [1.165, 1.54) is 0 Å². The van der Waals surface area contributed by atoms with Gasteiger partial charge in [-0.15, -0.1) is 0 Å². The molecule has 7 heteroatoms. The fourth-order valence-electron chi connectivity index (χ4n) is 3.71. The molecule has 2 aromatic rings. The zero-order valence-corrected chi connectivity index (χ0v) is 18.3. The van der Waals surface area contributed by atoms with Gasteiger partial charge < -0.3 is 18.8 Å². The molecule has 0 amide bonds. The third-order valence-electron chi connectivity index (χ3n) is 5.50. The standard InChI is InChI=1S/C24H29NO6/c1-4-22(26)18-7-9-19(10-8-18)30-15-24(28)31-14-23(27)21-12-16(2)25(17(21)3)13-20-6-5-11-29-20/h7-10,12,20H,4-6,11,13-15H2,1-3H3/t20-/m1/s1. The molecule has 1 aliphatic heterocycles. The van der Waals surface area contributed by atoms with Gasteiger partial charge in [0.1, 0.15) is 5.75 Å². The van der Waals surface area contributed by atoms with Crippen molar-refractivity contribution in [3.63, 3.8) is 0 Å². The van der Waals surface area contributed by atoms with Crippen LogP contribution in [-0.4, -0.2) is 48.0 Å². The number of ketones is 2. The van der Waals surface area contributed by atoms with Crippen molar-refractivity contribution in [3.05, 3.63) is 52.8 Å². The first-order valence-electron chi connectivity index (χ1n) is 10.6. The second-order valence-electron chi connectivity index (χ2n) is 7.70. The molecular formula is C24H29NO6. The number of benzene rings is 1. The van der Waals surface area contributed by atoms with Gasteiger partial charge in [-0.1, -0.05) is 6.92 Å². The summed E-state index contributed by atoms with van der Waals surface area (Å²) in [6.45, 7) is 6.51. The zero-order valence-electron chi connectivity index (χ0n) is 18.3. The maximum Gasteiger partial charge on any atom is 0.344 e. The molecule has 1 aromatic carbocycles. The molecule has 1 saturated heterocycles. The number of Topliss-reactive ketones (excluding diaryl/α,β-unsaturated/α-hetero) is 2. The predicted octanol–water partition coefficient (Wildman–Crippen LogP) is 3.68. The van der Waals surface area contributed by atoms with Crippen molar-refractivity contribution in [1.82, 2.24) is 4.57 Å². The number of carbonyl (C=O) groups excluding carboxylic acids is 3. The van der Waals surface area contributed by atoms with Gasteiger partial charge in [0.05, 0.1) is 6.10 Å². The van der Waals surface area contributed by atoms with E-state index in [1.807, 2.05) is 19.9 Å². The first-order chi connectivity index (χ1) is 14.9. The van der Waals surface area contributed by atoms with Crippen LogP contribution in [0.25, 0.3) is 0 Å². The average Bonchev–Trinajstić information content (AvgIpc) is 3.39. The van der Waals surface area contributed by atoms with E-state index in [9.17, 15) is 14.4 Å². The van der Waals surface area contributed by atoms with Gasteiger partial charge in [-0.05, 0) is 57.0 Å². The van der Waals surface area contributed by atoms with Crippen LogP contribution in [0, 0.1) is 13.8 Å². The molecule has 0 bridgehead atoms. The van der Waals surface area contributed by atoms with E-state index in [4.69, 9.17) is 14.2 Å². The van der Waals surface area contributed by atoms with E-state index in [2.05, 4.69) is 4.57 Å².